The number of benzene rings is 2. The molecule has 0 saturated carbocycles. The maximum Gasteiger partial charge on any atom is 0.257 e. The molecule has 7 nitrogen and oxygen atoms in total. The predicted molar refractivity (Wildman–Crippen MR) is 113 cm³/mol. The molecule has 1 aliphatic heterocycles. The molecule has 0 unspecified atom stereocenters. The fraction of sp³-hybridized carbons (Fsp3) is 0.217. The molecule has 1 amide bonds. The summed E-state index contributed by atoms with van der Waals surface area (Å²) < 4.78 is 35.6. The fourth-order valence-corrected chi connectivity index (χ4v) is 4.19. The number of hydrogen-bond donors (Lipinski definition) is 0. The summed E-state index contributed by atoms with van der Waals surface area (Å²) in [4.78, 5) is 22.9. The van der Waals surface area contributed by atoms with Gasteiger partial charge in [-0.25, -0.2) is 8.78 Å². The lowest BCUT2D eigenvalue weighted by Gasteiger charge is -2.27. The van der Waals surface area contributed by atoms with Gasteiger partial charge in [0, 0.05) is 49.2 Å². The minimum Gasteiger partial charge on any atom is -0.497 e. The quantitative estimate of drug-likeness (QED) is 0.492. The van der Waals surface area contributed by atoms with Crippen LogP contribution < -0.4 is 4.74 Å². The standard InChI is InChI=1S/C23H19F2N5O2/c1-29-22(13-7-14(24)9-15(8-13)32-2)16-3-6-30(12-21(16)28-29)23(31)17-10-19-20(11-18(17)25)27-5-4-26-19/h4-5,7-11H,3,6,12H2,1-2H3. The van der Waals surface area contributed by atoms with Gasteiger partial charge < -0.3 is 9.64 Å². The number of rotatable bonds is 3. The lowest BCUT2D eigenvalue weighted by atomic mass is 9.99. The number of fused-ring (bicyclic) bond motifs is 2. The first-order valence-electron chi connectivity index (χ1n) is 10.0. The summed E-state index contributed by atoms with van der Waals surface area (Å²) >= 11 is 0. The third kappa shape index (κ3) is 3.35. The Hall–Kier alpha value is -3.88. The molecule has 0 N–H and O–H groups in total. The lowest BCUT2D eigenvalue weighted by Crippen LogP contribution is -2.36. The smallest absolute Gasteiger partial charge is 0.257 e. The van der Waals surface area contributed by atoms with Crippen LogP contribution in [0.15, 0.2) is 42.7 Å². The second kappa shape index (κ2) is 7.67. The van der Waals surface area contributed by atoms with E-state index in [0.29, 0.717) is 41.0 Å². The van der Waals surface area contributed by atoms with Crippen LogP contribution in [-0.2, 0) is 20.0 Å². The zero-order chi connectivity index (χ0) is 22.4. The van der Waals surface area contributed by atoms with Crippen molar-refractivity contribution >= 4 is 16.9 Å². The lowest BCUT2D eigenvalue weighted by molar-refractivity contribution is 0.0728. The van der Waals surface area contributed by atoms with Crippen LogP contribution in [0.2, 0.25) is 0 Å². The Kier molecular flexibility index (Phi) is 4.80. The molecule has 0 atom stereocenters. The van der Waals surface area contributed by atoms with E-state index in [9.17, 15) is 13.6 Å². The van der Waals surface area contributed by atoms with Gasteiger partial charge in [-0.15, -0.1) is 0 Å². The maximum atomic E-state index is 14.6. The molecular weight excluding hydrogens is 416 g/mol. The van der Waals surface area contributed by atoms with Gasteiger partial charge in [-0.2, -0.15) is 5.10 Å². The van der Waals surface area contributed by atoms with E-state index in [1.807, 2.05) is 0 Å². The molecule has 0 spiro atoms. The van der Waals surface area contributed by atoms with Gasteiger partial charge in [0.15, 0.2) is 0 Å². The van der Waals surface area contributed by atoms with E-state index in [1.54, 1.807) is 22.7 Å². The predicted octanol–water partition coefficient (Wildman–Crippen LogP) is 3.52. The number of carbonyl (C=O) groups is 1. The highest BCUT2D eigenvalue weighted by molar-refractivity contribution is 5.97. The van der Waals surface area contributed by atoms with Crippen LogP contribution in [0, 0.1) is 11.6 Å². The molecule has 0 bridgehead atoms. The van der Waals surface area contributed by atoms with Crippen molar-refractivity contribution in [3.8, 4) is 17.0 Å². The first-order chi connectivity index (χ1) is 15.4. The number of ether oxygens (including phenoxy) is 1. The van der Waals surface area contributed by atoms with Crippen molar-refractivity contribution < 1.29 is 18.3 Å². The van der Waals surface area contributed by atoms with Gasteiger partial charge in [0.05, 0.1) is 41.6 Å². The minimum atomic E-state index is -0.637. The SMILES string of the molecule is COc1cc(F)cc(-c2c3c(nn2C)CN(C(=O)c2cc4nccnc4cc2F)CC3)c1. The minimum absolute atomic E-state index is 0.0486. The van der Waals surface area contributed by atoms with Crippen LogP contribution in [0.1, 0.15) is 21.6 Å². The second-order valence-electron chi connectivity index (χ2n) is 7.63. The van der Waals surface area contributed by atoms with Gasteiger partial charge in [-0.05, 0) is 24.6 Å². The number of methoxy groups -OCH3 is 1. The largest absolute Gasteiger partial charge is 0.497 e. The summed E-state index contributed by atoms with van der Waals surface area (Å²) in [6.45, 7) is 0.612. The Morgan fingerprint density at radius 2 is 1.81 bits per heavy atom. The first kappa shape index (κ1) is 20.0. The van der Waals surface area contributed by atoms with Crippen molar-refractivity contribution in [3.63, 3.8) is 0 Å². The van der Waals surface area contributed by atoms with Crippen molar-refractivity contribution in [3.05, 3.63) is 71.2 Å². The normalized spacial score (nSPS) is 13.3. The molecule has 9 heteroatoms. The summed E-state index contributed by atoms with van der Waals surface area (Å²) in [6.07, 6.45) is 3.48. The Balaban J connectivity index is 1.47. The maximum absolute atomic E-state index is 14.6. The van der Waals surface area contributed by atoms with Crippen molar-refractivity contribution in [1.82, 2.24) is 24.6 Å². The van der Waals surface area contributed by atoms with Gasteiger partial charge in [-0.1, -0.05) is 0 Å². The number of halogens is 2. The molecule has 0 fully saturated rings. The van der Waals surface area contributed by atoms with Crippen LogP contribution in [0.25, 0.3) is 22.3 Å². The average molecular weight is 435 g/mol. The highest BCUT2D eigenvalue weighted by Gasteiger charge is 2.29. The number of hydrogen-bond acceptors (Lipinski definition) is 5. The van der Waals surface area contributed by atoms with E-state index >= 15 is 0 Å². The number of amides is 1. The van der Waals surface area contributed by atoms with Crippen molar-refractivity contribution in [1.29, 1.82) is 0 Å². The molecule has 2 aromatic heterocycles. The van der Waals surface area contributed by atoms with Crippen molar-refractivity contribution in [2.45, 2.75) is 13.0 Å². The highest BCUT2D eigenvalue weighted by Crippen LogP contribution is 2.33. The van der Waals surface area contributed by atoms with Crippen LogP contribution in [0.5, 0.6) is 5.75 Å². The van der Waals surface area contributed by atoms with Gasteiger partial charge in [0.2, 0.25) is 0 Å². The van der Waals surface area contributed by atoms with Crippen molar-refractivity contribution in [2.24, 2.45) is 7.05 Å². The molecule has 3 heterocycles. The third-order valence-electron chi connectivity index (χ3n) is 5.66. The van der Waals surface area contributed by atoms with E-state index in [-0.39, 0.29) is 12.1 Å². The molecule has 1 aliphatic rings. The van der Waals surface area contributed by atoms with Crippen LogP contribution in [-0.4, -0.2) is 44.2 Å². The van der Waals surface area contributed by atoms with Crippen molar-refractivity contribution in [2.75, 3.05) is 13.7 Å². The molecule has 0 aliphatic carbocycles. The molecule has 2 aromatic carbocycles. The Bertz CT molecular complexity index is 1370. The number of aryl methyl sites for hydroxylation is 1. The zero-order valence-electron chi connectivity index (χ0n) is 17.5. The summed E-state index contributed by atoms with van der Waals surface area (Å²) in [5.74, 6) is -1.06. The molecule has 0 saturated heterocycles. The van der Waals surface area contributed by atoms with E-state index < -0.39 is 17.5 Å². The average Bonchev–Trinajstić information content (AvgIpc) is 3.12. The van der Waals surface area contributed by atoms with Gasteiger partial charge in [0.1, 0.15) is 17.4 Å². The zero-order valence-corrected chi connectivity index (χ0v) is 17.5. The topological polar surface area (TPSA) is 73.1 Å². The molecule has 162 valence electrons. The van der Waals surface area contributed by atoms with E-state index in [4.69, 9.17) is 4.74 Å². The highest BCUT2D eigenvalue weighted by atomic mass is 19.1. The molecule has 4 aromatic rings. The Labute approximate surface area is 182 Å². The molecular formula is C23H19F2N5O2. The number of carbonyl (C=O) groups excluding carboxylic acids is 1. The number of nitrogens with zero attached hydrogens (tertiary/aromatic N) is 5. The van der Waals surface area contributed by atoms with Crippen LogP contribution >= 0.6 is 0 Å². The first-order valence-corrected chi connectivity index (χ1v) is 10.0. The van der Waals surface area contributed by atoms with Gasteiger partial charge in [0.25, 0.3) is 5.91 Å². The summed E-state index contributed by atoms with van der Waals surface area (Å²) in [5.41, 5.74) is 3.86. The molecule has 32 heavy (non-hydrogen) atoms. The van der Waals surface area contributed by atoms with E-state index in [0.717, 1.165) is 11.3 Å². The third-order valence-corrected chi connectivity index (χ3v) is 5.66. The summed E-state index contributed by atoms with van der Waals surface area (Å²) in [7, 11) is 3.26. The van der Waals surface area contributed by atoms with Crippen LogP contribution in [0.4, 0.5) is 8.78 Å². The van der Waals surface area contributed by atoms with E-state index in [1.165, 1.54) is 43.8 Å². The van der Waals surface area contributed by atoms with Gasteiger partial charge in [-0.3, -0.25) is 19.4 Å². The monoisotopic (exact) mass is 435 g/mol. The fourth-order valence-electron chi connectivity index (χ4n) is 4.19. The Morgan fingerprint density at radius 1 is 1.06 bits per heavy atom. The summed E-state index contributed by atoms with van der Waals surface area (Å²) in [6, 6.07) is 7.15. The van der Waals surface area contributed by atoms with Gasteiger partial charge >= 0.3 is 0 Å². The molecule has 0 radical (unpaired) electrons. The molecule has 5 rings (SSSR count). The number of aromatic nitrogens is 4. The van der Waals surface area contributed by atoms with Crippen LogP contribution in [0.3, 0.4) is 0 Å². The summed E-state index contributed by atoms with van der Waals surface area (Å²) in [5, 5.41) is 4.55. The second-order valence-corrected chi connectivity index (χ2v) is 7.63. The Morgan fingerprint density at radius 3 is 2.56 bits per heavy atom. The van der Waals surface area contributed by atoms with E-state index in [2.05, 4.69) is 15.1 Å².